The molecule has 0 amide bonds. The summed E-state index contributed by atoms with van der Waals surface area (Å²) in [5.41, 5.74) is 6.73. The summed E-state index contributed by atoms with van der Waals surface area (Å²) in [6.45, 7) is 26.0. The van der Waals surface area contributed by atoms with Crippen LogP contribution in [0.25, 0.3) is 0 Å². The summed E-state index contributed by atoms with van der Waals surface area (Å²) in [7, 11) is 0. The van der Waals surface area contributed by atoms with E-state index in [0.717, 1.165) is 6.42 Å². The summed E-state index contributed by atoms with van der Waals surface area (Å²) in [5, 5.41) is 0. The Bertz CT molecular complexity index is 814. The molecule has 0 saturated heterocycles. The van der Waals surface area contributed by atoms with Crippen molar-refractivity contribution in [3.63, 3.8) is 0 Å². The van der Waals surface area contributed by atoms with E-state index in [4.69, 9.17) is 0 Å². The normalized spacial score (nSPS) is 15.1. The van der Waals surface area contributed by atoms with Gasteiger partial charge in [-0.25, -0.2) is 0 Å². The van der Waals surface area contributed by atoms with Crippen molar-refractivity contribution < 1.29 is 0 Å². The first-order valence-electron chi connectivity index (χ1n) is 12.7. The highest BCUT2D eigenvalue weighted by molar-refractivity contribution is 5.33. The zero-order chi connectivity index (χ0) is 24.3. The van der Waals surface area contributed by atoms with Gasteiger partial charge in [0.05, 0.1) is 0 Å². The van der Waals surface area contributed by atoms with E-state index in [0.29, 0.717) is 28.6 Å². The average molecular weight is 435 g/mol. The molecule has 0 bridgehead atoms. The Labute approximate surface area is 200 Å². The van der Waals surface area contributed by atoms with Crippen molar-refractivity contribution in [1.82, 2.24) is 0 Å². The van der Waals surface area contributed by atoms with Gasteiger partial charge >= 0.3 is 0 Å². The van der Waals surface area contributed by atoms with Crippen LogP contribution in [0, 0.1) is 22.2 Å². The maximum atomic E-state index is 2.38. The second-order valence-electron chi connectivity index (χ2n) is 14.0. The van der Waals surface area contributed by atoms with Crippen molar-refractivity contribution in [3.8, 4) is 0 Å². The maximum Gasteiger partial charge on any atom is -0.00258 e. The van der Waals surface area contributed by atoms with Crippen LogP contribution in [0.15, 0.2) is 48.5 Å². The minimum atomic E-state index is 0.268. The van der Waals surface area contributed by atoms with Crippen LogP contribution in [-0.4, -0.2) is 0 Å². The summed E-state index contributed by atoms with van der Waals surface area (Å²) in [5.74, 6) is 1.86. The molecule has 0 nitrogen and oxygen atoms in total. The third kappa shape index (κ3) is 8.42. The van der Waals surface area contributed by atoms with E-state index in [2.05, 4.69) is 125 Å². The first-order chi connectivity index (χ1) is 14.5. The number of rotatable bonds is 7. The zero-order valence-electron chi connectivity index (χ0n) is 23.0. The van der Waals surface area contributed by atoms with E-state index in [1.807, 2.05) is 0 Å². The Kier molecular flexibility index (Phi) is 8.46. The summed E-state index contributed by atoms with van der Waals surface area (Å²) in [6.07, 6.45) is 3.45. The summed E-state index contributed by atoms with van der Waals surface area (Å²) in [4.78, 5) is 0. The number of hydrogen-bond acceptors (Lipinski definition) is 0. The molecule has 178 valence electrons. The quantitative estimate of drug-likeness (QED) is 0.406. The molecule has 0 N–H and O–H groups in total. The van der Waals surface area contributed by atoms with Gasteiger partial charge in [-0.15, -0.1) is 0 Å². The van der Waals surface area contributed by atoms with Crippen LogP contribution in [0.3, 0.4) is 0 Å². The second kappa shape index (κ2) is 10.1. The molecule has 0 aliphatic heterocycles. The Hall–Kier alpha value is -1.56. The first-order valence-corrected chi connectivity index (χ1v) is 12.7. The van der Waals surface area contributed by atoms with Crippen LogP contribution in [0.1, 0.15) is 123 Å². The van der Waals surface area contributed by atoms with Gasteiger partial charge in [-0.05, 0) is 75.5 Å². The molecule has 2 unspecified atom stereocenters. The molecular weight excluding hydrogens is 384 g/mol. The lowest BCUT2D eigenvalue weighted by Crippen LogP contribution is -2.23. The van der Waals surface area contributed by atoms with Gasteiger partial charge in [0, 0.05) is 0 Å². The minimum absolute atomic E-state index is 0.268. The highest BCUT2D eigenvalue weighted by atomic mass is 14.3. The van der Waals surface area contributed by atoms with E-state index in [1.54, 1.807) is 0 Å². The molecule has 0 aromatic heterocycles. The molecule has 0 fully saturated rings. The van der Waals surface area contributed by atoms with E-state index >= 15 is 0 Å². The Balaban J connectivity index is 2.15. The summed E-state index contributed by atoms with van der Waals surface area (Å²) >= 11 is 0. The van der Waals surface area contributed by atoms with E-state index in [9.17, 15) is 0 Å². The van der Waals surface area contributed by atoms with Gasteiger partial charge in [0.25, 0.3) is 0 Å². The lowest BCUT2D eigenvalue weighted by atomic mass is 9.69. The van der Waals surface area contributed by atoms with Gasteiger partial charge in [-0.2, -0.15) is 0 Å². The van der Waals surface area contributed by atoms with Crippen molar-refractivity contribution >= 4 is 0 Å². The van der Waals surface area contributed by atoms with Gasteiger partial charge in [0.15, 0.2) is 0 Å². The Morgan fingerprint density at radius 1 is 0.562 bits per heavy atom. The molecule has 0 spiro atoms. The van der Waals surface area contributed by atoms with Crippen molar-refractivity contribution in [1.29, 1.82) is 0 Å². The monoisotopic (exact) mass is 434 g/mol. The van der Waals surface area contributed by atoms with E-state index in [1.165, 1.54) is 35.1 Å². The van der Waals surface area contributed by atoms with Crippen LogP contribution in [0.2, 0.25) is 0 Å². The number of hydrogen-bond donors (Lipinski definition) is 0. The smallest absolute Gasteiger partial charge is 0.00258 e. The summed E-state index contributed by atoms with van der Waals surface area (Å²) < 4.78 is 0. The molecule has 0 radical (unpaired) electrons. The van der Waals surface area contributed by atoms with Crippen molar-refractivity contribution in [2.24, 2.45) is 22.2 Å². The lowest BCUT2D eigenvalue weighted by molar-refractivity contribution is 0.229. The maximum absolute atomic E-state index is 2.38. The second-order valence-corrected chi connectivity index (χ2v) is 14.0. The van der Waals surface area contributed by atoms with Crippen LogP contribution in [0.4, 0.5) is 0 Å². The zero-order valence-corrected chi connectivity index (χ0v) is 23.0. The molecule has 32 heavy (non-hydrogen) atoms. The topological polar surface area (TPSA) is 0 Å². The van der Waals surface area contributed by atoms with Gasteiger partial charge in [-0.3, -0.25) is 0 Å². The fraction of sp³-hybridized carbons (Fsp3) is 0.625. The predicted molar refractivity (Wildman–Crippen MR) is 144 cm³/mol. The van der Waals surface area contributed by atoms with Gasteiger partial charge in [-0.1, -0.05) is 125 Å². The fourth-order valence-corrected chi connectivity index (χ4v) is 4.92. The SMILES string of the molecule is CC(C)C(CC(C)(C)C)c1ccc(Cc2ccc(C(CC(C)(C)C)C(C)(C)C)cc2)cc1. The van der Waals surface area contributed by atoms with Gasteiger partial charge < -0.3 is 0 Å². The summed E-state index contributed by atoms with van der Waals surface area (Å²) in [6, 6.07) is 18.9. The third-order valence-corrected chi connectivity index (χ3v) is 6.70. The van der Waals surface area contributed by atoms with E-state index in [-0.39, 0.29) is 5.41 Å². The van der Waals surface area contributed by atoms with Crippen LogP contribution >= 0.6 is 0 Å². The predicted octanol–water partition coefficient (Wildman–Crippen LogP) is 10.0. The van der Waals surface area contributed by atoms with Crippen molar-refractivity contribution in [2.75, 3.05) is 0 Å². The van der Waals surface area contributed by atoms with Gasteiger partial charge in [0.2, 0.25) is 0 Å². The standard InChI is InChI=1S/C32H50/c1-23(2)28(21-30(3,4)5)26-16-12-24(13-17-26)20-25-14-18-27(19-15-25)29(32(9,10)11)22-31(6,7)8/h12-19,23,28-29H,20-22H2,1-11H3. The van der Waals surface area contributed by atoms with Gasteiger partial charge in [0.1, 0.15) is 0 Å². The molecule has 2 aromatic carbocycles. The molecule has 0 heterocycles. The highest BCUT2D eigenvalue weighted by Gasteiger charge is 2.30. The molecular formula is C32H50. The fourth-order valence-electron chi connectivity index (χ4n) is 4.92. The van der Waals surface area contributed by atoms with Crippen molar-refractivity contribution in [2.45, 2.75) is 107 Å². The minimum Gasteiger partial charge on any atom is -0.0622 e. The Morgan fingerprint density at radius 2 is 0.969 bits per heavy atom. The lowest BCUT2D eigenvalue weighted by Gasteiger charge is -2.36. The molecule has 2 atom stereocenters. The van der Waals surface area contributed by atoms with Crippen LogP contribution < -0.4 is 0 Å². The van der Waals surface area contributed by atoms with Crippen molar-refractivity contribution in [3.05, 3.63) is 70.8 Å². The molecule has 0 aliphatic rings. The van der Waals surface area contributed by atoms with E-state index < -0.39 is 0 Å². The largest absolute Gasteiger partial charge is 0.0622 e. The molecule has 0 saturated carbocycles. The molecule has 2 rings (SSSR count). The number of benzene rings is 2. The van der Waals surface area contributed by atoms with Crippen LogP contribution in [-0.2, 0) is 6.42 Å². The molecule has 2 aromatic rings. The average Bonchev–Trinajstić information content (AvgIpc) is 2.63. The first kappa shape index (κ1) is 26.7. The van der Waals surface area contributed by atoms with Crippen LogP contribution in [0.5, 0.6) is 0 Å². The Morgan fingerprint density at radius 3 is 1.31 bits per heavy atom. The molecule has 0 aliphatic carbocycles. The third-order valence-electron chi connectivity index (χ3n) is 6.70. The highest BCUT2D eigenvalue weighted by Crippen LogP contribution is 2.43. The molecule has 0 heteroatoms.